The summed E-state index contributed by atoms with van der Waals surface area (Å²) in [4.78, 5) is 36.5. The Hall–Kier alpha value is -3.47. The highest BCUT2D eigenvalue weighted by atomic mass is 32.2. The molecule has 4 rings (SSSR count). The highest BCUT2D eigenvalue weighted by Gasteiger charge is 2.59. The SMILES string of the molecule is [C-]#[N+]c1ncc(N2C(=O)C3(CCC3)N(c3ccc(C(=O)NCCCOS(C)(=O)=O)c(F)c3)C2=S)cc1C. The van der Waals surface area contributed by atoms with Crippen molar-refractivity contribution in [1.82, 2.24) is 10.3 Å². The molecule has 10 nitrogen and oxygen atoms in total. The van der Waals surface area contributed by atoms with Gasteiger partial charge < -0.3 is 15.1 Å². The lowest BCUT2D eigenvalue weighted by Crippen LogP contribution is -2.55. The predicted molar refractivity (Wildman–Crippen MR) is 139 cm³/mol. The van der Waals surface area contributed by atoms with Gasteiger partial charge in [0.25, 0.3) is 27.8 Å². The molecule has 0 atom stereocenters. The van der Waals surface area contributed by atoms with Crippen LogP contribution in [0, 0.1) is 19.3 Å². The lowest BCUT2D eigenvalue weighted by atomic mass is 9.75. The van der Waals surface area contributed by atoms with Crippen molar-refractivity contribution in [3.05, 3.63) is 58.8 Å². The van der Waals surface area contributed by atoms with E-state index < -0.39 is 27.4 Å². The van der Waals surface area contributed by atoms with Gasteiger partial charge in [-0.2, -0.15) is 8.42 Å². The lowest BCUT2D eigenvalue weighted by Gasteiger charge is -2.43. The van der Waals surface area contributed by atoms with Crippen LogP contribution >= 0.6 is 12.2 Å². The monoisotopic (exact) mass is 545 g/mol. The first-order valence-electron chi connectivity index (χ1n) is 11.4. The molecule has 2 aromatic rings. The molecule has 2 amide bonds. The summed E-state index contributed by atoms with van der Waals surface area (Å²) in [5.41, 5.74) is 0.245. The second-order valence-corrected chi connectivity index (χ2v) is 10.9. The molecule has 1 aliphatic carbocycles. The number of aromatic nitrogens is 1. The fourth-order valence-electron chi connectivity index (χ4n) is 4.41. The maximum atomic E-state index is 15.1. The number of hydrogen-bond acceptors (Lipinski definition) is 7. The first kappa shape index (κ1) is 26.6. The van der Waals surface area contributed by atoms with Crippen LogP contribution in [-0.4, -0.2) is 55.3 Å². The fourth-order valence-corrected chi connectivity index (χ4v) is 5.30. The molecule has 2 heterocycles. The van der Waals surface area contributed by atoms with Crippen molar-refractivity contribution in [3.63, 3.8) is 0 Å². The van der Waals surface area contributed by atoms with E-state index in [1.807, 2.05) is 0 Å². The van der Waals surface area contributed by atoms with E-state index in [4.69, 9.17) is 18.8 Å². The van der Waals surface area contributed by atoms with Crippen molar-refractivity contribution in [3.8, 4) is 0 Å². The Morgan fingerprint density at radius 2 is 2.05 bits per heavy atom. The minimum absolute atomic E-state index is 0.0953. The Morgan fingerprint density at radius 1 is 1.32 bits per heavy atom. The van der Waals surface area contributed by atoms with Crippen molar-refractivity contribution >= 4 is 56.5 Å². The van der Waals surface area contributed by atoms with Crippen molar-refractivity contribution in [2.45, 2.75) is 38.1 Å². The normalized spacial score (nSPS) is 16.6. The van der Waals surface area contributed by atoms with Crippen molar-refractivity contribution in [2.24, 2.45) is 0 Å². The summed E-state index contributed by atoms with van der Waals surface area (Å²) in [5, 5.41) is 2.70. The third-order valence-corrected chi connectivity index (χ3v) is 7.31. The maximum absolute atomic E-state index is 15.1. The lowest BCUT2D eigenvalue weighted by molar-refractivity contribution is -0.123. The fraction of sp³-hybridized carbons (Fsp3) is 0.375. The molecule has 194 valence electrons. The van der Waals surface area contributed by atoms with Gasteiger partial charge in [-0.05, 0) is 74.7 Å². The summed E-state index contributed by atoms with van der Waals surface area (Å²) in [5.74, 6) is -1.45. The minimum atomic E-state index is -3.57. The van der Waals surface area contributed by atoms with E-state index in [9.17, 15) is 18.0 Å². The van der Waals surface area contributed by atoms with E-state index >= 15 is 4.39 Å². The molecule has 1 saturated heterocycles. The summed E-state index contributed by atoms with van der Waals surface area (Å²) >= 11 is 5.68. The van der Waals surface area contributed by atoms with E-state index in [0.29, 0.717) is 29.8 Å². The van der Waals surface area contributed by atoms with Gasteiger partial charge in [-0.3, -0.25) is 18.7 Å². The molecule has 1 aliphatic heterocycles. The standard InChI is InChI=1S/C24H24FN5O5S2/c1-15-12-17(14-28-20(15)26-2)29-22(32)24(8-4-9-24)30(23(29)36)16-6-7-18(19(25)13-16)21(31)27-10-5-11-35-37(3,33)34/h6-7,12-14H,4-5,8-11H2,1,3H3,(H,27,31). The number of halogens is 1. The number of rotatable bonds is 8. The second kappa shape index (κ2) is 10.1. The number of carbonyl (C=O) groups is 2. The molecule has 1 aromatic heterocycles. The van der Waals surface area contributed by atoms with Crippen LogP contribution in [0.3, 0.4) is 0 Å². The quantitative estimate of drug-likeness (QED) is 0.233. The number of benzene rings is 1. The molecule has 13 heteroatoms. The van der Waals surface area contributed by atoms with Gasteiger partial charge >= 0.3 is 0 Å². The van der Waals surface area contributed by atoms with Gasteiger partial charge in [0.05, 0.1) is 24.1 Å². The largest absolute Gasteiger partial charge is 0.360 e. The smallest absolute Gasteiger partial charge is 0.272 e. The molecular weight excluding hydrogens is 521 g/mol. The number of hydrogen-bond donors (Lipinski definition) is 1. The number of nitrogens with zero attached hydrogens (tertiary/aromatic N) is 4. The Labute approximate surface area is 219 Å². The number of aryl methyl sites for hydroxylation is 1. The average Bonchev–Trinajstić information content (AvgIpc) is 3.04. The average molecular weight is 546 g/mol. The molecule has 37 heavy (non-hydrogen) atoms. The molecule has 2 fully saturated rings. The summed E-state index contributed by atoms with van der Waals surface area (Å²) < 4.78 is 41.6. The van der Waals surface area contributed by atoms with Crippen LogP contribution in [0.15, 0.2) is 30.5 Å². The van der Waals surface area contributed by atoms with Crippen LogP contribution < -0.4 is 15.1 Å². The first-order chi connectivity index (χ1) is 17.5. The van der Waals surface area contributed by atoms with Gasteiger partial charge in [-0.15, -0.1) is 4.98 Å². The molecular formula is C24H24FN5O5S2. The zero-order chi connectivity index (χ0) is 27.0. The van der Waals surface area contributed by atoms with Crippen molar-refractivity contribution in [2.75, 3.05) is 29.2 Å². The molecule has 1 saturated carbocycles. The predicted octanol–water partition coefficient (Wildman–Crippen LogP) is 3.24. The number of carbonyl (C=O) groups excluding carboxylic acids is 2. The first-order valence-corrected chi connectivity index (χ1v) is 13.7. The summed E-state index contributed by atoms with van der Waals surface area (Å²) in [6.07, 6.45) is 4.46. The van der Waals surface area contributed by atoms with Gasteiger partial charge in [0.2, 0.25) is 0 Å². The molecule has 0 radical (unpaired) electrons. The molecule has 2 aliphatic rings. The Bertz CT molecular complexity index is 1440. The summed E-state index contributed by atoms with van der Waals surface area (Å²) in [6.45, 7) is 8.91. The van der Waals surface area contributed by atoms with Crippen LogP contribution in [-0.2, 0) is 19.1 Å². The number of amides is 2. The van der Waals surface area contributed by atoms with Crippen LogP contribution in [0.1, 0.15) is 41.6 Å². The van der Waals surface area contributed by atoms with E-state index in [0.717, 1.165) is 12.7 Å². The Kier molecular flexibility index (Phi) is 7.27. The van der Waals surface area contributed by atoms with Crippen LogP contribution in [0.25, 0.3) is 4.85 Å². The topological polar surface area (TPSA) is 113 Å². The van der Waals surface area contributed by atoms with Gasteiger partial charge in [0.1, 0.15) is 17.6 Å². The summed E-state index contributed by atoms with van der Waals surface area (Å²) in [6, 6.07) is 5.72. The maximum Gasteiger partial charge on any atom is 0.272 e. The van der Waals surface area contributed by atoms with Gasteiger partial charge in [-0.25, -0.2) is 4.39 Å². The van der Waals surface area contributed by atoms with Crippen molar-refractivity contribution in [1.29, 1.82) is 0 Å². The van der Waals surface area contributed by atoms with Gasteiger partial charge in [-0.1, -0.05) is 6.57 Å². The van der Waals surface area contributed by atoms with Crippen LogP contribution in [0.2, 0.25) is 0 Å². The van der Waals surface area contributed by atoms with Gasteiger partial charge in [0.15, 0.2) is 5.11 Å². The van der Waals surface area contributed by atoms with E-state index in [-0.39, 0.29) is 42.0 Å². The highest BCUT2D eigenvalue weighted by molar-refractivity contribution is 7.86. The zero-order valence-corrected chi connectivity index (χ0v) is 21.8. The molecule has 0 unspecified atom stereocenters. The molecule has 1 aromatic carbocycles. The molecule has 1 N–H and O–H groups in total. The Morgan fingerprint density at radius 3 is 2.62 bits per heavy atom. The number of anilines is 2. The molecule has 0 bridgehead atoms. The number of nitrogens with one attached hydrogen (secondary N) is 1. The van der Waals surface area contributed by atoms with Crippen molar-refractivity contribution < 1.29 is 26.6 Å². The van der Waals surface area contributed by atoms with Crippen LogP contribution in [0.4, 0.5) is 21.6 Å². The third kappa shape index (κ3) is 5.04. The van der Waals surface area contributed by atoms with Gasteiger partial charge in [0, 0.05) is 12.2 Å². The Balaban J connectivity index is 1.54. The van der Waals surface area contributed by atoms with E-state index in [1.165, 1.54) is 23.2 Å². The third-order valence-electron chi connectivity index (χ3n) is 6.35. The zero-order valence-electron chi connectivity index (χ0n) is 20.2. The minimum Gasteiger partial charge on any atom is -0.360 e. The molecule has 1 spiro atoms. The number of pyridine rings is 1. The summed E-state index contributed by atoms with van der Waals surface area (Å²) in [7, 11) is -3.57. The van der Waals surface area contributed by atoms with Crippen LogP contribution in [0.5, 0.6) is 0 Å². The number of thiocarbonyl (C=S) groups is 1. The second-order valence-electron chi connectivity index (χ2n) is 8.89. The van der Waals surface area contributed by atoms with E-state index in [2.05, 4.69) is 19.3 Å². The highest BCUT2D eigenvalue weighted by Crippen LogP contribution is 2.48. The van der Waals surface area contributed by atoms with E-state index in [1.54, 1.807) is 24.0 Å².